The summed E-state index contributed by atoms with van der Waals surface area (Å²) in [6.07, 6.45) is 5.21. The van der Waals surface area contributed by atoms with E-state index in [1.165, 1.54) is 17.0 Å². The van der Waals surface area contributed by atoms with E-state index in [4.69, 9.17) is 11.5 Å². The van der Waals surface area contributed by atoms with Gasteiger partial charge in [0.15, 0.2) is 9.84 Å². The Morgan fingerprint density at radius 3 is 2.50 bits per heavy atom. The van der Waals surface area contributed by atoms with Crippen molar-refractivity contribution >= 4 is 27.4 Å². The fourth-order valence-corrected chi connectivity index (χ4v) is 4.01. The second kappa shape index (κ2) is 5.73. The summed E-state index contributed by atoms with van der Waals surface area (Å²) >= 11 is 0. The van der Waals surface area contributed by atoms with Crippen LogP contribution in [0.2, 0.25) is 0 Å². The molecule has 9 heteroatoms. The van der Waals surface area contributed by atoms with Gasteiger partial charge in [-0.2, -0.15) is 4.99 Å². The first kappa shape index (κ1) is 16.7. The molecule has 3 rings (SSSR count). The van der Waals surface area contributed by atoms with Crippen molar-refractivity contribution in [2.45, 2.75) is 42.7 Å². The number of hydrogen-bond donors (Lipinski definition) is 2. The van der Waals surface area contributed by atoms with Crippen LogP contribution in [0.25, 0.3) is 0 Å². The zero-order valence-corrected chi connectivity index (χ0v) is 14.2. The molecule has 1 aromatic rings. The minimum Gasteiger partial charge on any atom is -0.369 e. The van der Waals surface area contributed by atoms with Gasteiger partial charge in [-0.3, -0.25) is 4.90 Å². The molecule has 0 aromatic heterocycles. The lowest BCUT2D eigenvalue weighted by atomic mass is 9.87. The minimum atomic E-state index is -3.49. The summed E-state index contributed by atoms with van der Waals surface area (Å²) < 4.78 is 38.2. The zero-order valence-electron chi connectivity index (χ0n) is 13.4. The van der Waals surface area contributed by atoms with E-state index in [0.717, 1.165) is 31.6 Å². The first-order valence-corrected chi connectivity index (χ1v) is 9.61. The highest BCUT2D eigenvalue weighted by molar-refractivity contribution is 7.90. The van der Waals surface area contributed by atoms with E-state index in [0.29, 0.717) is 12.8 Å². The normalized spacial score (nSPS) is 20.7. The molecule has 0 saturated heterocycles. The molecule has 7 nitrogen and oxygen atoms in total. The van der Waals surface area contributed by atoms with Crippen molar-refractivity contribution in [2.24, 2.45) is 21.5 Å². The van der Waals surface area contributed by atoms with Crippen LogP contribution in [0.4, 0.5) is 10.1 Å². The lowest BCUT2D eigenvalue weighted by Gasteiger charge is -2.45. The first-order chi connectivity index (χ1) is 11.2. The number of anilines is 1. The molecule has 4 N–H and O–H groups in total. The van der Waals surface area contributed by atoms with Crippen LogP contribution in [0.5, 0.6) is 0 Å². The Bertz CT molecular complexity index is 828. The van der Waals surface area contributed by atoms with Gasteiger partial charge in [0.2, 0.25) is 11.9 Å². The molecule has 1 fully saturated rings. The average Bonchev–Trinajstić information content (AvgIpc) is 2.48. The predicted octanol–water partition coefficient (Wildman–Crippen LogP) is 1.34. The van der Waals surface area contributed by atoms with Crippen LogP contribution in [-0.4, -0.2) is 32.3 Å². The van der Waals surface area contributed by atoms with Crippen molar-refractivity contribution in [3.63, 3.8) is 0 Å². The van der Waals surface area contributed by atoms with Crippen molar-refractivity contribution in [2.75, 3.05) is 11.2 Å². The number of rotatable bonds is 2. The molecule has 130 valence electrons. The van der Waals surface area contributed by atoms with Gasteiger partial charge in [0.25, 0.3) is 0 Å². The zero-order chi connectivity index (χ0) is 17.5. The number of hydrogen-bond acceptors (Lipinski definition) is 7. The Morgan fingerprint density at radius 2 is 1.88 bits per heavy atom. The number of aliphatic imine (C=N–C) groups is 2. The van der Waals surface area contributed by atoms with Gasteiger partial charge in [-0.15, -0.1) is 0 Å². The molecule has 1 aliphatic heterocycles. The summed E-state index contributed by atoms with van der Waals surface area (Å²) in [7, 11) is -3.49. The van der Waals surface area contributed by atoms with E-state index >= 15 is 0 Å². The smallest absolute Gasteiger partial charge is 0.220 e. The maximum absolute atomic E-state index is 14.5. The van der Waals surface area contributed by atoms with Gasteiger partial charge >= 0.3 is 0 Å². The third-order valence-corrected chi connectivity index (χ3v) is 5.55. The van der Waals surface area contributed by atoms with Gasteiger partial charge in [0.1, 0.15) is 11.5 Å². The van der Waals surface area contributed by atoms with Crippen LogP contribution in [0, 0.1) is 5.82 Å². The molecule has 1 aliphatic carbocycles. The molecule has 1 aromatic carbocycles. The van der Waals surface area contributed by atoms with Crippen molar-refractivity contribution < 1.29 is 12.8 Å². The maximum Gasteiger partial charge on any atom is 0.220 e. The topological polar surface area (TPSA) is 114 Å². The highest BCUT2D eigenvalue weighted by Gasteiger charge is 2.43. The number of nitrogens with zero attached hydrogens (tertiary/aromatic N) is 3. The molecule has 0 bridgehead atoms. The number of nitrogens with two attached hydrogens (primary N) is 2. The maximum atomic E-state index is 14.5. The van der Waals surface area contributed by atoms with Crippen molar-refractivity contribution in [3.8, 4) is 0 Å². The summed E-state index contributed by atoms with van der Waals surface area (Å²) in [5, 5.41) is 0. The lowest BCUT2D eigenvalue weighted by molar-refractivity contribution is 0.304. The van der Waals surface area contributed by atoms with Gasteiger partial charge in [-0.1, -0.05) is 6.42 Å². The van der Waals surface area contributed by atoms with Crippen molar-refractivity contribution in [1.29, 1.82) is 0 Å². The van der Waals surface area contributed by atoms with E-state index in [1.807, 2.05) is 0 Å². The summed E-state index contributed by atoms with van der Waals surface area (Å²) in [6, 6.07) is 3.63. The Morgan fingerprint density at radius 1 is 1.21 bits per heavy atom. The fraction of sp³-hybridized carbons (Fsp3) is 0.467. The SMILES string of the molecule is CS(=O)(=O)c1ccc(F)c(N2C(N)=NC(N)=NC23CCCCC3)c1. The molecule has 0 radical (unpaired) electrons. The number of benzene rings is 1. The molecule has 1 heterocycles. The standard InChI is InChI=1S/C15H20FN5O2S/c1-24(22,23)10-5-6-11(16)12(9-10)21-14(18)19-13(17)20-15(21)7-3-2-4-8-15/h5-6,9H,2-4,7-8H2,1H3,(H4,17,18,19,20). The Kier molecular flexibility index (Phi) is 3.98. The van der Waals surface area contributed by atoms with Crippen LogP contribution in [0.1, 0.15) is 32.1 Å². The van der Waals surface area contributed by atoms with Crippen molar-refractivity contribution in [1.82, 2.24) is 0 Å². The minimum absolute atomic E-state index is 0.0141. The molecule has 0 atom stereocenters. The molecule has 1 saturated carbocycles. The highest BCUT2D eigenvalue weighted by Crippen LogP contribution is 2.40. The average molecular weight is 353 g/mol. The Labute approximate surface area is 140 Å². The van der Waals surface area contributed by atoms with Gasteiger partial charge in [-0.05, 0) is 43.9 Å². The third-order valence-electron chi connectivity index (χ3n) is 4.44. The second-order valence-electron chi connectivity index (χ2n) is 6.20. The summed E-state index contributed by atoms with van der Waals surface area (Å²) in [5.41, 5.74) is 11.0. The third kappa shape index (κ3) is 2.83. The van der Waals surface area contributed by atoms with E-state index in [-0.39, 0.29) is 22.5 Å². The highest BCUT2D eigenvalue weighted by atomic mass is 32.2. The molecule has 1 spiro atoms. The van der Waals surface area contributed by atoms with E-state index in [9.17, 15) is 12.8 Å². The Balaban J connectivity index is 2.17. The van der Waals surface area contributed by atoms with Crippen LogP contribution < -0.4 is 16.4 Å². The van der Waals surface area contributed by atoms with E-state index in [2.05, 4.69) is 9.98 Å². The van der Waals surface area contributed by atoms with Crippen LogP contribution in [-0.2, 0) is 9.84 Å². The molecule has 24 heavy (non-hydrogen) atoms. The van der Waals surface area contributed by atoms with Gasteiger partial charge < -0.3 is 11.5 Å². The molecule has 0 amide bonds. The monoisotopic (exact) mass is 353 g/mol. The Hall–Kier alpha value is -2.16. The largest absolute Gasteiger partial charge is 0.369 e. The van der Waals surface area contributed by atoms with Gasteiger partial charge in [0, 0.05) is 6.26 Å². The first-order valence-electron chi connectivity index (χ1n) is 7.72. The predicted molar refractivity (Wildman–Crippen MR) is 91.0 cm³/mol. The van der Waals surface area contributed by atoms with Crippen LogP contribution in [0.15, 0.2) is 33.1 Å². The van der Waals surface area contributed by atoms with Gasteiger partial charge in [-0.25, -0.2) is 17.8 Å². The van der Waals surface area contributed by atoms with Crippen LogP contribution in [0.3, 0.4) is 0 Å². The quantitative estimate of drug-likeness (QED) is 0.779. The summed E-state index contributed by atoms with van der Waals surface area (Å²) in [6.45, 7) is 0. The number of sulfone groups is 1. The summed E-state index contributed by atoms with van der Waals surface area (Å²) in [4.78, 5) is 9.91. The molecule has 0 unspecified atom stereocenters. The van der Waals surface area contributed by atoms with E-state index in [1.54, 1.807) is 0 Å². The van der Waals surface area contributed by atoms with Gasteiger partial charge in [0.05, 0.1) is 10.6 Å². The van der Waals surface area contributed by atoms with Crippen LogP contribution >= 0.6 is 0 Å². The fourth-order valence-electron chi connectivity index (χ4n) is 3.36. The van der Waals surface area contributed by atoms with E-state index < -0.39 is 21.3 Å². The molecular weight excluding hydrogens is 333 g/mol. The number of guanidine groups is 2. The molecule has 2 aliphatic rings. The lowest BCUT2D eigenvalue weighted by Crippen LogP contribution is -2.58. The second-order valence-corrected chi connectivity index (χ2v) is 8.22. The number of halogens is 1. The molecular formula is C15H20FN5O2S. The van der Waals surface area contributed by atoms with Crippen molar-refractivity contribution in [3.05, 3.63) is 24.0 Å². The summed E-state index contributed by atoms with van der Waals surface area (Å²) in [5.74, 6) is -0.500.